The molecule has 1 fully saturated rings. The summed E-state index contributed by atoms with van der Waals surface area (Å²) in [5.41, 5.74) is -0.0701. The van der Waals surface area contributed by atoms with Crippen LogP contribution in [0.4, 0.5) is 17.3 Å². The van der Waals surface area contributed by atoms with Gasteiger partial charge in [-0.2, -0.15) is 0 Å². The molecule has 82 valence electrons. The van der Waals surface area contributed by atoms with Crippen molar-refractivity contribution in [1.82, 2.24) is 4.98 Å². The Kier molecular flexibility index (Phi) is 2.68. The van der Waals surface area contributed by atoms with Crippen molar-refractivity contribution in [2.75, 3.05) is 5.32 Å². The van der Waals surface area contributed by atoms with E-state index in [1.807, 2.05) is 0 Å². The lowest BCUT2D eigenvalue weighted by Crippen LogP contribution is -2.27. The fourth-order valence-corrected chi connectivity index (χ4v) is 1.50. The van der Waals surface area contributed by atoms with Crippen molar-refractivity contribution in [3.05, 3.63) is 33.7 Å². The molecule has 6 nitrogen and oxygen atoms in total. The summed E-state index contributed by atoms with van der Waals surface area (Å²) in [5, 5.41) is 13.8. The van der Waals surface area contributed by atoms with Crippen molar-refractivity contribution in [3.8, 4) is 0 Å². The number of anilines is 1. The molecule has 0 saturated heterocycles. The largest absolute Gasteiger partial charge is 0.361 e. The molecular formula is C10H10N4O2. The molecule has 1 heterocycles. The van der Waals surface area contributed by atoms with Crippen LogP contribution in [0.25, 0.3) is 4.85 Å². The van der Waals surface area contributed by atoms with Crippen LogP contribution < -0.4 is 5.32 Å². The minimum atomic E-state index is -0.484. The fraction of sp³-hybridized carbons (Fsp3) is 0.400. The van der Waals surface area contributed by atoms with Gasteiger partial charge in [0.15, 0.2) is 0 Å². The second kappa shape index (κ2) is 4.14. The number of rotatable bonds is 3. The second-order valence-corrected chi connectivity index (χ2v) is 3.68. The van der Waals surface area contributed by atoms with E-state index < -0.39 is 4.92 Å². The van der Waals surface area contributed by atoms with Crippen LogP contribution >= 0.6 is 0 Å². The highest BCUT2D eigenvalue weighted by Crippen LogP contribution is 2.29. The van der Waals surface area contributed by atoms with E-state index in [9.17, 15) is 10.1 Å². The van der Waals surface area contributed by atoms with Crippen LogP contribution in [0.15, 0.2) is 12.1 Å². The summed E-state index contributed by atoms with van der Waals surface area (Å²) in [5.74, 6) is 0.385. The molecule has 0 bridgehead atoms. The predicted molar refractivity (Wildman–Crippen MR) is 58.4 cm³/mol. The van der Waals surface area contributed by atoms with Gasteiger partial charge < -0.3 is 10.2 Å². The van der Waals surface area contributed by atoms with Gasteiger partial charge >= 0.3 is 5.69 Å². The van der Waals surface area contributed by atoms with Gasteiger partial charge in [0, 0.05) is 12.1 Å². The first-order valence-corrected chi connectivity index (χ1v) is 5.00. The molecule has 16 heavy (non-hydrogen) atoms. The SMILES string of the molecule is [C-]#[N+]c1ccc([N+](=O)[O-])c(NC2CCC2)n1. The Hall–Kier alpha value is -2.16. The average molecular weight is 218 g/mol. The molecule has 2 rings (SSSR count). The number of hydrogen-bond donors (Lipinski definition) is 1. The molecule has 1 aromatic rings. The second-order valence-electron chi connectivity index (χ2n) is 3.68. The lowest BCUT2D eigenvalue weighted by atomic mass is 9.93. The molecule has 0 atom stereocenters. The Balaban J connectivity index is 2.30. The summed E-state index contributed by atoms with van der Waals surface area (Å²) in [7, 11) is 0. The van der Waals surface area contributed by atoms with Crippen LogP contribution in [0.2, 0.25) is 0 Å². The molecule has 0 radical (unpaired) electrons. The monoisotopic (exact) mass is 218 g/mol. The Bertz CT molecular complexity index is 462. The van der Waals surface area contributed by atoms with Crippen molar-refractivity contribution in [2.45, 2.75) is 25.3 Å². The number of nitro groups is 1. The molecular weight excluding hydrogens is 208 g/mol. The molecule has 0 aliphatic heterocycles. The van der Waals surface area contributed by atoms with E-state index >= 15 is 0 Å². The lowest BCUT2D eigenvalue weighted by molar-refractivity contribution is -0.384. The topological polar surface area (TPSA) is 72.4 Å². The molecule has 1 aromatic heterocycles. The lowest BCUT2D eigenvalue weighted by Gasteiger charge is -2.25. The smallest absolute Gasteiger partial charge is 0.334 e. The summed E-state index contributed by atoms with van der Waals surface area (Å²) in [6.07, 6.45) is 3.14. The summed E-state index contributed by atoms with van der Waals surface area (Å²) < 4.78 is 0. The Morgan fingerprint density at radius 1 is 1.56 bits per heavy atom. The molecule has 0 spiro atoms. The standard InChI is InChI=1S/C10H10N4O2/c1-11-9-6-5-8(14(15)16)10(13-9)12-7-3-2-4-7/h5-7H,2-4H2,(H,12,13). The van der Waals surface area contributed by atoms with Crippen LogP contribution in [-0.2, 0) is 0 Å². The van der Waals surface area contributed by atoms with Gasteiger partial charge in [0.25, 0.3) is 11.6 Å². The maximum absolute atomic E-state index is 10.8. The maximum atomic E-state index is 10.8. The number of pyridine rings is 1. The zero-order valence-corrected chi connectivity index (χ0v) is 8.51. The van der Waals surface area contributed by atoms with Crippen molar-refractivity contribution in [1.29, 1.82) is 0 Å². The van der Waals surface area contributed by atoms with Gasteiger partial charge in [-0.25, -0.2) is 0 Å². The molecule has 6 heteroatoms. The molecule has 0 amide bonds. The van der Waals surface area contributed by atoms with E-state index in [2.05, 4.69) is 15.1 Å². The molecule has 1 saturated carbocycles. The first kappa shape index (κ1) is 10.4. The van der Waals surface area contributed by atoms with E-state index in [-0.39, 0.29) is 23.4 Å². The van der Waals surface area contributed by atoms with Crippen LogP contribution in [-0.4, -0.2) is 15.9 Å². The first-order chi connectivity index (χ1) is 7.70. The van der Waals surface area contributed by atoms with Gasteiger partial charge in [-0.1, -0.05) is 11.6 Å². The van der Waals surface area contributed by atoms with Crippen molar-refractivity contribution in [3.63, 3.8) is 0 Å². The Morgan fingerprint density at radius 2 is 2.31 bits per heavy atom. The number of nitrogens with one attached hydrogen (secondary N) is 1. The molecule has 1 aliphatic rings. The van der Waals surface area contributed by atoms with Crippen molar-refractivity contribution < 1.29 is 4.92 Å². The van der Waals surface area contributed by atoms with E-state index in [1.165, 1.54) is 12.1 Å². The molecule has 1 N–H and O–H groups in total. The number of aromatic nitrogens is 1. The molecule has 0 aromatic carbocycles. The third kappa shape index (κ3) is 1.93. The quantitative estimate of drug-likeness (QED) is 0.480. The first-order valence-electron chi connectivity index (χ1n) is 5.00. The highest BCUT2D eigenvalue weighted by Gasteiger charge is 2.25. The highest BCUT2D eigenvalue weighted by molar-refractivity contribution is 5.61. The van der Waals surface area contributed by atoms with Crippen molar-refractivity contribution >= 4 is 17.3 Å². The van der Waals surface area contributed by atoms with Crippen molar-refractivity contribution in [2.24, 2.45) is 0 Å². The highest BCUT2D eigenvalue weighted by atomic mass is 16.6. The van der Waals surface area contributed by atoms with E-state index in [4.69, 9.17) is 6.57 Å². The summed E-state index contributed by atoms with van der Waals surface area (Å²) in [4.78, 5) is 17.4. The zero-order valence-electron chi connectivity index (χ0n) is 8.51. The fourth-order valence-electron chi connectivity index (χ4n) is 1.50. The van der Waals surface area contributed by atoms with Gasteiger partial charge in [-0.3, -0.25) is 10.1 Å². The van der Waals surface area contributed by atoms with Crippen LogP contribution in [0.3, 0.4) is 0 Å². The predicted octanol–water partition coefficient (Wildman–Crippen LogP) is 2.50. The minimum absolute atomic E-state index is 0.0701. The Labute approximate surface area is 92.3 Å². The summed E-state index contributed by atoms with van der Waals surface area (Å²) in [6.45, 7) is 6.82. The van der Waals surface area contributed by atoms with E-state index in [1.54, 1.807) is 0 Å². The third-order valence-corrected chi connectivity index (χ3v) is 2.62. The van der Waals surface area contributed by atoms with Gasteiger partial charge in [0.1, 0.15) is 0 Å². The van der Waals surface area contributed by atoms with E-state index in [0.29, 0.717) is 0 Å². The van der Waals surface area contributed by atoms with Gasteiger partial charge in [0.05, 0.1) is 4.92 Å². The average Bonchev–Trinajstić information content (AvgIpc) is 2.22. The maximum Gasteiger partial charge on any atom is 0.334 e. The molecule has 0 unspecified atom stereocenters. The minimum Gasteiger partial charge on any atom is -0.361 e. The summed E-state index contributed by atoms with van der Waals surface area (Å²) in [6, 6.07) is 2.94. The molecule has 1 aliphatic carbocycles. The van der Waals surface area contributed by atoms with Gasteiger partial charge in [-0.05, 0) is 25.3 Å². The van der Waals surface area contributed by atoms with Crippen LogP contribution in [0, 0.1) is 16.7 Å². The third-order valence-electron chi connectivity index (χ3n) is 2.62. The summed E-state index contributed by atoms with van der Waals surface area (Å²) >= 11 is 0. The Morgan fingerprint density at radius 3 is 2.81 bits per heavy atom. The van der Waals surface area contributed by atoms with Gasteiger partial charge in [0.2, 0.25) is 0 Å². The van der Waals surface area contributed by atoms with Crippen LogP contribution in [0.5, 0.6) is 0 Å². The van der Waals surface area contributed by atoms with Crippen LogP contribution in [0.1, 0.15) is 19.3 Å². The number of hydrogen-bond acceptors (Lipinski definition) is 4. The normalized spacial score (nSPS) is 14.9. The zero-order chi connectivity index (χ0) is 11.5. The van der Waals surface area contributed by atoms with Gasteiger partial charge in [-0.15, -0.1) is 0 Å². The number of nitrogens with zero attached hydrogens (tertiary/aromatic N) is 3. The van der Waals surface area contributed by atoms with E-state index in [0.717, 1.165) is 19.3 Å².